The van der Waals surface area contributed by atoms with Crippen molar-refractivity contribution in [1.29, 1.82) is 0 Å². The van der Waals surface area contributed by atoms with Gasteiger partial charge in [0.1, 0.15) is 6.10 Å². The summed E-state index contributed by atoms with van der Waals surface area (Å²) in [5, 5.41) is 0. The minimum Gasteiger partial charge on any atom is -0.493 e. The van der Waals surface area contributed by atoms with Crippen LogP contribution in [0.5, 0.6) is 11.5 Å². The van der Waals surface area contributed by atoms with Crippen molar-refractivity contribution in [3.8, 4) is 11.5 Å². The van der Waals surface area contributed by atoms with Crippen LogP contribution in [0.4, 0.5) is 0 Å². The van der Waals surface area contributed by atoms with Gasteiger partial charge in [0.25, 0.3) is 0 Å². The van der Waals surface area contributed by atoms with E-state index in [0.29, 0.717) is 0 Å². The first-order valence-corrected chi connectivity index (χ1v) is 4.70. The average molecular weight is 192 g/mol. The maximum Gasteiger partial charge on any atom is 0.162 e. The zero-order chi connectivity index (χ0) is 10.4. The van der Waals surface area contributed by atoms with Gasteiger partial charge in [-0.05, 0) is 32.1 Å². The standard InChI is InChI=1S/C12H16O2/c1-4-7-10(2)14-12-9-6-5-8-11(12)13-3/h4-10H,1-3H3. The van der Waals surface area contributed by atoms with Crippen LogP contribution in [0.3, 0.4) is 0 Å². The minimum absolute atomic E-state index is 0.0660. The van der Waals surface area contributed by atoms with Gasteiger partial charge < -0.3 is 9.47 Å². The third-order valence-electron chi connectivity index (χ3n) is 1.85. The Morgan fingerprint density at radius 2 is 1.86 bits per heavy atom. The summed E-state index contributed by atoms with van der Waals surface area (Å²) in [4.78, 5) is 0. The van der Waals surface area contributed by atoms with Crippen LogP contribution in [0.1, 0.15) is 13.8 Å². The molecule has 0 saturated carbocycles. The van der Waals surface area contributed by atoms with Crippen LogP contribution in [0.2, 0.25) is 0 Å². The smallest absolute Gasteiger partial charge is 0.162 e. The zero-order valence-corrected chi connectivity index (χ0v) is 8.86. The molecule has 0 spiro atoms. The van der Waals surface area contributed by atoms with Gasteiger partial charge in [-0.1, -0.05) is 18.2 Å². The SMILES string of the molecule is CC=CC(C)Oc1ccccc1OC. The molecule has 1 atom stereocenters. The van der Waals surface area contributed by atoms with Gasteiger partial charge in [0.2, 0.25) is 0 Å². The van der Waals surface area contributed by atoms with Crippen molar-refractivity contribution in [3.05, 3.63) is 36.4 Å². The lowest BCUT2D eigenvalue weighted by atomic mass is 10.3. The third-order valence-corrected chi connectivity index (χ3v) is 1.85. The van der Waals surface area contributed by atoms with Gasteiger partial charge in [0, 0.05) is 0 Å². The Morgan fingerprint density at radius 1 is 1.21 bits per heavy atom. The summed E-state index contributed by atoms with van der Waals surface area (Å²) >= 11 is 0. The molecule has 2 heteroatoms. The van der Waals surface area contributed by atoms with E-state index in [2.05, 4.69) is 0 Å². The van der Waals surface area contributed by atoms with E-state index in [1.54, 1.807) is 7.11 Å². The summed E-state index contributed by atoms with van der Waals surface area (Å²) in [6.07, 6.45) is 4.03. The van der Waals surface area contributed by atoms with Crippen LogP contribution >= 0.6 is 0 Å². The molecule has 1 rings (SSSR count). The maximum atomic E-state index is 5.66. The number of ether oxygens (including phenoxy) is 2. The molecule has 0 radical (unpaired) electrons. The molecule has 0 fully saturated rings. The predicted octanol–water partition coefficient (Wildman–Crippen LogP) is 3.04. The van der Waals surface area contributed by atoms with Crippen LogP contribution in [0.25, 0.3) is 0 Å². The van der Waals surface area contributed by atoms with Crippen LogP contribution < -0.4 is 9.47 Å². The summed E-state index contributed by atoms with van der Waals surface area (Å²) in [7, 11) is 1.64. The molecule has 0 aliphatic heterocycles. The minimum atomic E-state index is 0.0660. The third kappa shape index (κ3) is 2.80. The molecule has 1 aromatic rings. The van der Waals surface area contributed by atoms with Crippen molar-refractivity contribution in [2.24, 2.45) is 0 Å². The summed E-state index contributed by atoms with van der Waals surface area (Å²) in [5.74, 6) is 1.55. The van der Waals surface area contributed by atoms with E-state index < -0.39 is 0 Å². The number of rotatable bonds is 4. The molecule has 0 N–H and O–H groups in total. The zero-order valence-electron chi connectivity index (χ0n) is 8.86. The highest BCUT2D eigenvalue weighted by Crippen LogP contribution is 2.26. The lowest BCUT2D eigenvalue weighted by Gasteiger charge is -2.13. The monoisotopic (exact) mass is 192 g/mol. The largest absolute Gasteiger partial charge is 0.493 e. The Morgan fingerprint density at radius 3 is 2.43 bits per heavy atom. The molecular formula is C12H16O2. The van der Waals surface area contributed by atoms with Crippen LogP contribution in [-0.2, 0) is 0 Å². The molecule has 1 aromatic carbocycles. The van der Waals surface area contributed by atoms with Gasteiger partial charge in [0.15, 0.2) is 11.5 Å². The molecule has 0 heterocycles. The first-order valence-electron chi connectivity index (χ1n) is 4.70. The number of hydrogen-bond donors (Lipinski definition) is 0. The predicted molar refractivity (Wildman–Crippen MR) is 57.9 cm³/mol. The maximum absolute atomic E-state index is 5.66. The van der Waals surface area contributed by atoms with Crippen LogP contribution in [-0.4, -0.2) is 13.2 Å². The fraction of sp³-hybridized carbons (Fsp3) is 0.333. The van der Waals surface area contributed by atoms with E-state index in [0.717, 1.165) is 11.5 Å². The molecular weight excluding hydrogens is 176 g/mol. The fourth-order valence-electron chi connectivity index (χ4n) is 1.23. The lowest BCUT2D eigenvalue weighted by molar-refractivity contribution is 0.254. The summed E-state index contributed by atoms with van der Waals surface area (Å²) in [6, 6.07) is 7.64. The molecule has 0 bridgehead atoms. The highest BCUT2D eigenvalue weighted by molar-refractivity contribution is 5.39. The van der Waals surface area contributed by atoms with Gasteiger partial charge in [-0.15, -0.1) is 0 Å². The molecule has 0 aromatic heterocycles. The number of benzene rings is 1. The van der Waals surface area contributed by atoms with E-state index in [4.69, 9.17) is 9.47 Å². The van der Waals surface area contributed by atoms with Gasteiger partial charge in [-0.25, -0.2) is 0 Å². The van der Waals surface area contributed by atoms with E-state index >= 15 is 0 Å². The number of hydrogen-bond acceptors (Lipinski definition) is 2. The van der Waals surface area contributed by atoms with Gasteiger partial charge in [0.05, 0.1) is 7.11 Å². The van der Waals surface area contributed by atoms with Gasteiger partial charge in [-0.3, -0.25) is 0 Å². The second-order valence-electron chi connectivity index (χ2n) is 3.00. The molecule has 14 heavy (non-hydrogen) atoms. The highest BCUT2D eigenvalue weighted by Gasteiger charge is 2.04. The highest BCUT2D eigenvalue weighted by atomic mass is 16.5. The Bertz CT molecular complexity index is 305. The molecule has 0 aliphatic carbocycles. The second kappa shape index (κ2) is 5.32. The average Bonchev–Trinajstić information content (AvgIpc) is 2.19. The Kier molecular flexibility index (Phi) is 4.05. The first kappa shape index (κ1) is 10.6. The van der Waals surface area contributed by atoms with Crippen molar-refractivity contribution >= 4 is 0 Å². The Balaban J connectivity index is 2.75. The number of allylic oxidation sites excluding steroid dienone is 1. The molecule has 1 unspecified atom stereocenters. The molecule has 0 aliphatic rings. The molecule has 0 amide bonds. The molecule has 0 saturated heterocycles. The lowest BCUT2D eigenvalue weighted by Crippen LogP contribution is -2.08. The first-order chi connectivity index (χ1) is 6.77. The van der Waals surface area contributed by atoms with Crippen molar-refractivity contribution in [2.75, 3.05) is 7.11 Å². The fourth-order valence-corrected chi connectivity index (χ4v) is 1.23. The van der Waals surface area contributed by atoms with Crippen molar-refractivity contribution < 1.29 is 9.47 Å². The van der Waals surface area contributed by atoms with Gasteiger partial charge in [-0.2, -0.15) is 0 Å². The van der Waals surface area contributed by atoms with Crippen molar-refractivity contribution in [2.45, 2.75) is 20.0 Å². The van der Waals surface area contributed by atoms with Gasteiger partial charge >= 0.3 is 0 Å². The quantitative estimate of drug-likeness (QED) is 0.683. The van der Waals surface area contributed by atoms with E-state index in [1.165, 1.54) is 0 Å². The van der Waals surface area contributed by atoms with E-state index in [9.17, 15) is 0 Å². The summed E-state index contributed by atoms with van der Waals surface area (Å²) in [6.45, 7) is 3.97. The van der Waals surface area contributed by atoms with Crippen molar-refractivity contribution in [1.82, 2.24) is 0 Å². The summed E-state index contributed by atoms with van der Waals surface area (Å²) in [5.41, 5.74) is 0. The van der Waals surface area contributed by atoms with E-state index in [-0.39, 0.29) is 6.10 Å². The van der Waals surface area contributed by atoms with E-state index in [1.807, 2.05) is 50.3 Å². The van der Waals surface area contributed by atoms with Crippen LogP contribution in [0, 0.1) is 0 Å². The molecule has 76 valence electrons. The number of methoxy groups -OCH3 is 1. The van der Waals surface area contributed by atoms with Crippen molar-refractivity contribution in [3.63, 3.8) is 0 Å². The molecule has 2 nitrogen and oxygen atoms in total. The topological polar surface area (TPSA) is 18.5 Å². The second-order valence-corrected chi connectivity index (χ2v) is 3.00. The Hall–Kier alpha value is -1.44. The summed E-state index contributed by atoms with van der Waals surface area (Å²) < 4.78 is 10.8. The Labute approximate surface area is 85.2 Å². The number of para-hydroxylation sites is 2. The van der Waals surface area contributed by atoms with Crippen LogP contribution in [0.15, 0.2) is 36.4 Å². The normalized spacial score (nSPS) is 12.8.